The van der Waals surface area contributed by atoms with Crippen LogP contribution in [0.15, 0.2) is 30.3 Å². The molecule has 1 rings (SSSR count). The second-order valence-corrected chi connectivity index (χ2v) is 13.1. The summed E-state index contributed by atoms with van der Waals surface area (Å²) < 4.78 is 0. The molecule has 0 saturated heterocycles. The molecule has 0 heterocycles. The van der Waals surface area contributed by atoms with E-state index in [4.69, 9.17) is 0 Å². The van der Waals surface area contributed by atoms with Crippen molar-refractivity contribution in [1.29, 1.82) is 0 Å². The summed E-state index contributed by atoms with van der Waals surface area (Å²) in [5.74, 6) is -3.96. The van der Waals surface area contributed by atoms with E-state index in [2.05, 4.69) is 21.3 Å². The molecule has 4 atom stereocenters. The van der Waals surface area contributed by atoms with Crippen LogP contribution >= 0.6 is 0 Å². The van der Waals surface area contributed by atoms with Crippen molar-refractivity contribution < 1.29 is 28.8 Å². The lowest BCUT2D eigenvalue weighted by molar-refractivity contribution is -0.141. The van der Waals surface area contributed by atoms with Gasteiger partial charge in [0.05, 0.1) is 18.5 Å². The molecule has 234 valence electrons. The number of carbonyl (C=O) groups is 6. The Morgan fingerprint density at radius 3 is 1.86 bits per heavy atom. The first-order chi connectivity index (χ1) is 19.3. The van der Waals surface area contributed by atoms with Crippen molar-refractivity contribution >= 4 is 35.3 Å². The van der Waals surface area contributed by atoms with Crippen LogP contribution in [0.3, 0.4) is 0 Å². The topological polar surface area (TPSA) is 154 Å². The van der Waals surface area contributed by atoms with Gasteiger partial charge in [-0.1, -0.05) is 78.8 Å². The maximum atomic E-state index is 13.4. The summed E-state index contributed by atoms with van der Waals surface area (Å²) in [6, 6.07) is 5.21. The van der Waals surface area contributed by atoms with Gasteiger partial charge in [-0.15, -0.1) is 0 Å². The minimum absolute atomic E-state index is 0.181. The average Bonchev–Trinajstić information content (AvgIpc) is 2.87. The monoisotopic (exact) mass is 587 g/mol. The van der Waals surface area contributed by atoms with Crippen LogP contribution in [0, 0.1) is 10.8 Å². The Kier molecular flexibility index (Phi) is 13.4. The van der Waals surface area contributed by atoms with Crippen molar-refractivity contribution in [3.8, 4) is 0 Å². The van der Waals surface area contributed by atoms with Gasteiger partial charge in [-0.25, -0.2) is 0 Å². The van der Waals surface area contributed by atoms with E-state index in [0.717, 1.165) is 5.56 Å². The first kappa shape index (κ1) is 36.3. The van der Waals surface area contributed by atoms with Gasteiger partial charge in [0.15, 0.2) is 0 Å². The summed E-state index contributed by atoms with van der Waals surface area (Å²) in [6.07, 6.45) is 0.336. The van der Waals surface area contributed by atoms with E-state index >= 15 is 0 Å². The molecule has 11 heteroatoms. The second kappa shape index (κ2) is 15.5. The first-order valence-corrected chi connectivity index (χ1v) is 14.3. The fourth-order valence-electron chi connectivity index (χ4n) is 4.10. The number of benzene rings is 1. The maximum absolute atomic E-state index is 13.4. The highest BCUT2D eigenvalue weighted by Gasteiger charge is 2.37. The zero-order valence-corrected chi connectivity index (χ0v) is 26.7. The lowest BCUT2D eigenvalue weighted by Gasteiger charge is -2.33. The van der Waals surface area contributed by atoms with Crippen LogP contribution in [-0.4, -0.2) is 72.4 Å². The number of hydrogen-bond donors (Lipinski definition) is 4. The van der Waals surface area contributed by atoms with Crippen molar-refractivity contribution in [1.82, 2.24) is 26.2 Å². The van der Waals surface area contributed by atoms with E-state index in [9.17, 15) is 28.8 Å². The molecule has 0 aliphatic carbocycles. The standard InChI is InChI=1S/C31H49N5O6/c1-11-21(20-15-13-12-14-16-20)33-28(41)25(39)19(2)32-27(40)22(17-24(38)36(9)10)34-29(42)26(31(6,7)8)35-23(37)18-30(3,4)5/h12-16,19,21-22,26H,11,17-18H2,1-10H3,(H,32,40)(H,33,41)(H,34,42)(H,35,37)/t19-,21+,22-,26+/m0/s1. The Bertz CT molecular complexity index is 1120. The number of carbonyl (C=O) groups excluding carboxylic acids is 6. The van der Waals surface area contributed by atoms with E-state index < -0.39 is 65.4 Å². The van der Waals surface area contributed by atoms with Crippen LogP contribution in [0.25, 0.3) is 0 Å². The molecule has 1 aromatic rings. The molecule has 0 aliphatic heterocycles. The van der Waals surface area contributed by atoms with Crippen LogP contribution in [0.4, 0.5) is 0 Å². The number of Topliss-reactive ketones (excluding diaryl/α,β-unsaturated/α-hetero) is 1. The SMILES string of the molecule is CC[C@@H](NC(=O)C(=O)[C@H](C)NC(=O)[C@H](CC(=O)N(C)C)NC(=O)[C@@H](NC(=O)CC(C)(C)C)C(C)(C)C)c1ccccc1. The van der Waals surface area contributed by atoms with E-state index in [1.165, 1.54) is 25.9 Å². The summed E-state index contributed by atoms with van der Waals surface area (Å²) >= 11 is 0. The molecule has 0 spiro atoms. The predicted molar refractivity (Wildman–Crippen MR) is 161 cm³/mol. The van der Waals surface area contributed by atoms with E-state index in [-0.39, 0.29) is 17.7 Å². The molecular formula is C31H49N5O6. The van der Waals surface area contributed by atoms with E-state index in [1.54, 1.807) is 20.8 Å². The lowest BCUT2D eigenvalue weighted by atomic mass is 9.85. The Morgan fingerprint density at radius 1 is 0.810 bits per heavy atom. The van der Waals surface area contributed by atoms with Crippen LogP contribution in [-0.2, 0) is 28.8 Å². The van der Waals surface area contributed by atoms with E-state index in [1.807, 2.05) is 58.0 Å². The molecule has 0 aromatic heterocycles. The van der Waals surface area contributed by atoms with E-state index in [0.29, 0.717) is 6.42 Å². The van der Waals surface area contributed by atoms with Gasteiger partial charge in [0, 0.05) is 20.5 Å². The van der Waals surface area contributed by atoms with Crippen LogP contribution in [0.2, 0.25) is 0 Å². The molecule has 0 fully saturated rings. The number of ketones is 1. The van der Waals surface area contributed by atoms with Gasteiger partial charge in [-0.2, -0.15) is 0 Å². The van der Waals surface area contributed by atoms with Crippen molar-refractivity contribution in [2.45, 2.75) is 98.8 Å². The summed E-state index contributed by atoms with van der Waals surface area (Å²) in [4.78, 5) is 78.8. The highest BCUT2D eigenvalue weighted by molar-refractivity contribution is 6.38. The van der Waals surface area contributed by atoms with Gasteiger partial charge < -0.3 is 26.2 Å². The Morgan fingerprint density at radius 2 is 1.38 bits per heavy atom. The van der Waals surface area contributed by atoms with Gasteiger partial charge >= 0.3 is 0 Å². The van der Waals surface area contributed by atoms with Crippen molar-refractivity contribution in [3.63, 3.8) is 0 Å². The highest BCUT2D eigenvalue weighted by Crippen LogP contribution is 2.23. The first-order valence-electron chi connectivity index (χ1n) is 14.3. The molecule has 0 unspecified atom stereocenters. The van der Waals surface area contributed by atoms with Crippen LogP contribution in [0.1, 0.15) is 86.3 Å². The molecule has 0 saturated carbocycles. The molecule has 5 amide bonds. The van der Waals surface area contributed by atoms with Gasteiger partial charge in [0.1, 0.15) is 12.1 Å². The summed E-state index contributed by atoms with van der Waals surface area (Å²) in [6.45, 7) is 14.3. The fraction of sp³-hybridized carbons (Fsp3) is 0.613. The molecular weight excluding hydrogens is 538 g/mol. The molecule has 42 heavy (non-hydrogen) atoms. The molecule has 0 bridgehead atoms. The smallest absolute Gasteiger partial charge is 0.290 e. The maximum Gasteiger partial charge on any atom is 0.290 e. The normalized spacial score (nSPS) is 14.4. The highest BCUT2D eigenvalue weighted by atomic mass is 16.2. The fourth-order valence-corrected chi connectivity index (χ4v) is 4.10. The third-order valence-electron chi connectivity index (χ3n) is 6.53. The number of nitrogens with one attached hydrogen (secondary N) is 4. The number of amides is 5. The van der Waals surface area contributed by atoms with Gasteiger partial charge in [-0.05, 0) is 29.7 Å². The Balaban J connectivity index is 3.08. The minimum Gasteiger partial charge on any atom is -0.349 e. The predicted octanol–water partition coefficient (Wildman–Crippen LogP) is 2.26. The quantitative estimate of drug-likeness (QED) is 0.260. The number of rotatable bonds is 13. The largest absolute Gasteiger partial charge is 0.349 e. The molecule has 4 N–H and O–H groups in total. The number of nitrogens with zero attached hydrogens (tertiary/aromatic N) is 1. The van der Waals surface area contributed by atoms with Crippen LogP contribution in [0.5, 0.6) is 0 Å². The molecule has 11 nitrogen and oxygen atoms in total. The Hall–Kier alpha value is -3.76. The van der Waals surface area contributed by atoms with Gasteiger partial charge in [0.25, 0.3) is 5.91 Å². The zero-order valence-electron chi connectivity index (χ0n) is 26.7. The summed E-state index contributed by atoms with van der Waals surface area (Å²) in [5, 5.41) is 10.5. The van der Waals surface area contributed by atoms with Crippen molar-refractivity contribution in [3.05, 3.63) is 35.9 Å². The number of hydrogen-bond acceptors (Lipinski definition) is 6. The summed E-state index contributed by atoms with van der Waals surface area (Å²) in [5.41, 5.74) is -0.192. The molecule has 0 radical (unpaired) electrons. The van der Waals surface area contributed by atoms with Crippen LogP contribution < -0.4 is 21.3 Å². The minimum atomic E-state index is -1.36. The summed E-state index contributed by atoms with van der Waals surface area (Å²) in [7, 11) is 3.02. The molecule has 1 aromatic carbocycles. The third-order valence-corrected chi connectivity index (χ3v) is 6.53. The zero-order chi connectivity index (χ0) is 32.4. The second-order valence-electron chi connectivity index (χ2n) is 13.1. The van der Waals surface area contributed by atoms with Crippen molar-refractivity contribution in [2.75, 3.05) is 14.1 Å². The lowest BCUT2D eigenvalue weighted by Crippen LogP contribution is -2.59. The molecule has 0 aliphatic rings. The van der Waals surface area contributed by atoms with Gasteiger partial charge in [0.2, 0.25) is 29.4 Å². The average molecular weight is 588 g/mol. The van der Waals surface area contributed by atoms with Crippen molar-refractivity contribution in [2.24, 2.45) is 10.8 Å². The Labute approximate surface area is 249 Å². The third kappa shape index (κ3) is 12.0. The van der Waals surface area contributed by atoms with Gasteiger partial charge in [-0.3, -0.25) is 28.8 Å².